The van der Waals surface area contributed by atoms with Gasteiger partial charge in [0.15, 0.2) is 0 Å². The lowest BCUT2D eigenvalue weighted by molar-refractivity contribution is 0.137. The number of epoxide rings is 1. The highest BCUT2D eigenvalue weighted by atomic mass is 16.6. The van der Waals surface area contributed by atoms with Gasteiger partial charge in [0.25, 0.3) is 0 Å². The number of benzene rings is 1. The van der Waals surface area contributed by atoms with E-state index in [9.17, 15) is 5.11 Å². The second kappa shape index (κ2) is 2.64. The summed E-state index contributed by atoms with van der Waals surface area (Å²) >= 11 is 0. The van der Waals surface area contributed by atoms with E-state index < -0.39 is 6.10 Å². The Balaban J connectivity index is 2.15. The maximum Gasteiger partial charge on any atom is 0.111 e. The molecule has 2 rings (SSSR count). The largest absolute Gasteiger partial charge is 0.386 e. The van der Waals surface area contributed by atoms with Crippen LogP contribution >= 0.6 is 0 Å². The van der Waals surface area contributed by atoms with E-state index in [1.165, 1.54) is 0 Å². The summed E-state index contributed by atoms with van der Waals surface area (Å²) in [6, 6.07) is 9.59. The van der Waals surface area contributed by atoms with Gasteiger partial charge in [-0.25, -0.2) is 0 Å². The van der Waals surface area contributed by atoms with Crippen molar-refractivity contribution in [2.75, 3.05) is 6.61 Å². The number of aliphatic hydroxyl groups excluding tert-OH is 1. The molecule has 1 N–H and O–H groups in total. The van der Waals surface area contributed by atoms with Crippen LogP contribution in [0.2, 0.25) is 0 Å². The molecule has 1 aromatic rings. The summed E-state index contributed by atoms with van der Waals surface area (Å²) in [5.41, 5.74) is 0.940. The number of aliphatic hydroxyl groups is 1. The van der Waals surface area contributed by atoms with Crippen LogP contribution in [0.5, 0.6) is 0 Å². The fourth-order valence-electron chi connectivity index (χ4n) is 1.10. The first-order chi connectivity index (χ1) is 5.38. The van der Waals surface area contributed by atoms with E-state index in [1.54, 1.807) is 0 Å². The molecule has 0 unspecified atom stereocenters. The van der Waals surface area contributed by atoms with Crippen molar-refractivity contribution in [3.8, 4) is 0 Å². The van der Waals surface area contributed by atoms with Crippen LogP contribution in [0.15, 0.2) is 30.3 Å². The molecule has 0 aliphatic carbocycles. The van der Waals surface area contributed by atoms with Gasteiger partial charge in [-0.1, -0.05) is 30.3 Å². The van der Waals surface area contributed by atoms with E-state index in [2.05, 4.69) is 0 Å². The van der Waals surface area contributed by atoms with E-state index in [-0.39, 0.29) is 6.10 Å². The van der Waals surface area contributed by atoms with Gasteiger partial charge in [-0.2, -0.15) is 0 Å². The fourth-order valence-corrected chi connectivity index (χ4v) is 1.10. The van der Waals surface area contributed by atoms with Gasteiger partial charge in [0.2, 0.25) is 0 Å². The maximum atomic E-state index is 9.54. The van der Waals surface area contributed by atoms with Gasteiger partial charge in [-0.05, 0) is 5.56 Å². The molecule has 0 bridgehead atoms. The van der Waals surface area contributed by atoms with Crippen LogP contribution in [0.25, 0.3) is 0 Å². The highest BCUT2D eigenvalue weighted by Gasteiger charge is 2.31. The number of hydrogen-bond acceptors (Lipinski definition) is 2. The summed E-state index contributed by atoms with van der Waals surface area (Å²) in [5.74, 6) is 0. The van der Waals surface area contributed by atoms with E-state index in [0.29, 0.717) is 6.61 Å². The molecule has 0 aromatic heterocycles. The van der Waals surface area contributed by atoms with Crippen LogP contribution in [-0.4, -0.2) is 17.8 Å². The molecule has 1 heterocycles. The molecule has 1 fully saturated rings. The van der Waals surface area contributed by atoms with Gasteiger partial charge in [0.05, 0.1) is 6.61 Å². The highest BCUT2D eigenvalue weighted by Crippen LogP contribution is 2.26. The Morgan fingerprint density at radius 1 is 1.36 bits per heavy atom. The SMILES string of the molecule is O[C@@H](c1ccccc1)[C@@H]1CO1. The number of rotatable bonds is 2. The highest BCUT2D eigenvalue weighted by molar-refractivity contribution is 5.19. The van der Waals surface area contributed by atoms with Gasteiger partial charge < -0.3 is 9.84 Å². The molecule has 0 amide bonds. The lowest BCUT2D eigenvalue weighted by Gasteiger charge is -2.05. The molecule has 0 spiro atoms. The zero-order valence-corrected chi connectivity index (χ0v) is 6.10. The first kappa shape index (κ1) is 6.83. The third-order valence-corrected chi connectivity index (χ3v) is 1.85. The Morgan fingerprint density at radius 2 is 2.00 bits per heavy atom. The van der Waals surface area contributed by atoms with Gasteiger partial charge >= 0.3 is 0 Å². The lowest BCUT2D eigenvalue weighted by Crippen LogP contribution is -2.03. The lowest BCUT2D eigenvalue weighted by atomic mass is 10.1. The predicted molar refractivity (Wildman–Crippen MR) is 41.1 cm³/mol. The first-order valence-electron chi connectivity index (χ1n) is 3.72. The third kappa shape index (κ3) is 1.42. The van der Waals surface area contributed by atoms with Crippen LogP contribution in [0.4, 0.5) is 0 Å². The molecule has 1 aliphatic heterocycles. The number of ether oxygens (including phenoxy) is 1. The van der Waals surface area contributed by atoms with Crippen LogP contribution in [-0.2, 0) is 4.74 Å². The second-order valence-electron chi connectivity index (χ2n) is 2.73. The molecule has 0 saturated carbocycles. The summed E-state index contributed by atoms with van der Waals surface area (Å²) in [6.45, 7) is 0.691. The molecule has 1 aliphatic rings. The third-order valence-electron chi connectivity index (χ3n) is 1.85. The van der Waals surface area contributed by atoms with Crippen molar-refractivity contribution in [2.24, 2.45) is 0 Å². The minimum absolute atomic E-state index is 0.0393. The monoisotopic (exact) mass is 150 g/mol. The molecule has 0 radical (unpaired) electrons. The van der Waals surface area contributed by atoms with Gasteiger partial charge in [-0.15, -0.1) is 0 Å². The Morgan fingerprint density at radius 3 is 2.55 bits per heavy atom. The van der Waals surface area contributed by atoms with E-state index in [1.807, 2.05) is 30.3 Å². The van der Waals surface area contributed by atoms with Gasteiger partial charge in [0.1, 0.15) is 12.2 Å². The topological polar surface area (TPSA) is 32.8 Å². The minimum atomic E-state index is -0.434. The Bertz CT molecular complexity index is 229. The molecule has 2 heteroatoms. The average Bonchev–Trinajstić information content (AvgIpc) is 2.87. The normalized spacial score (nSPS) is 24.6. The molecule has 2 nitrogen and oxygen atoms in total. The van der Waals surface area contributed by atoms with Gasteiger partial charge in [0, 0.05) is 0 Å². The van der Waals surface area contributed by atoms with Crippen molar-refractivity contribution in [1.82, 2.24) is 0 Å². The van der Waals surface area contributed by atoms with Crippen LogP contribution in [0.1, 0.15) is 11.7 Å². The molecule has 1 saturated heterocycles. The van der Waals surface area contributed by atoms with E-state index in [4.69, 9.17) is 4.74 Å². The summed E-state index contributed by atoms with van der Waals surface area (Å²) in [4.78, 5) is 0. The Hall–Kier alpha value is -0.860. The average molecular weight is 150 g/mol. The van der Waals surface area contributed by atoms with Crippen molar-refractivity contribution in [2.45, 2.75) is 12.2 Å². The van der Waals surface area contributed by atoms with Crippen LogP contribution < -0.4 is 0 Å². The van der Waals surface area contributed by atoms with Crippen molar-refractivity contribution in [3.05, 3.63) is 35.9 Å². The molecule has 11 heavy (non-hydrogen) atoms. The molecule has 2 atom stereocenters. The molecular weight excluding hydrogens is 140 g/mol. The molecule has 1 aromatic carbocycles. The fraction of sp³-hybridized carbons (Fsp3) is 0.333. The van der Waals surface area contributed by atoms with E-state index in [0.717, 1.165) is 5.56 Å². The van der Waals surface area contributed by atoms with Gasteiger partial charge in [-0.3, -0.25) is 0 Å². The molecule has 58 valence electrons. The smallest absolute Gasteiger partial charge is 0.111 e. The summed E-state index contributed by atoms with van der Waals surface area (Å²) in [5, 5.41) is 9.54. The second-order valence-corrected chi connectivity index (χ2v) is 2.73. The quantitative estimate of drug-likeness (QED) is 0.641. The standard InChI is InChI=1S/C9H10O2/c10-9(8-6-11-8)7-4-2-1-3-5-7/h1-5,8-10H,6H2/t8-,9-/m0/s1. The molecular formula is C9H10O2. The van der Waals surface area contributed by atoms with Crippen molar-refractivity contribution < 1.29 is 9.84 Å². The van der Waals surface area contributed by atoms with E-state index >= 15 is 0 Å². The first-order valence-corrected chi connectivity index (χ1v) is 3.72. The summed E-state index contributed by atoms with van der Waals surface area (Å²) in [6.07, 6.45) is -0.395. The van der Waals surface area contributed by atoms with Crippen molar-refractivity contribution >= 4 is 0 Å². The zero-order valence-electron chi connectivity index (χ0n) is 6.10. The van der Waals surface area contributed by atoms with Crippen LogP contribution in [0, 0.1) is 0 Å². The number of hydrogen-bond donors (Lipinski definition) is 1. The Labute approximate surface area is 65.4 Å². The Kier molecular flexibility index (Phi) is 1.64. The maximum absolute atomic E-state index is 9.54. The van der Waals surface area contributed by atoms with Crippen LogP contribution in [0.3, 0.4) is 0 Å². The zero-order chi connectivity index (χ0) is 7.68. The summed E-state index contributed by atoms with van der Waals surface area (Å²) in [7, 11) is 0. The van der Waals surface area contributed by atoms with Crippen molar-refractivity contribution in [3.63, 3.8) is 0 Å². The summed E-state index contributed by atoms with van der Waals surface area (Å²) < 4.78 is 4.97. The minimum Gasteiger partial charge on any atom is -0.386 e. The predicted octanol–water partition coefficient (Wildman–Crippen LogP) is 1.12. The van der Waals surface area contributed by atoms with Crippen molar-refractivity contribution in [1.29, 1.82) is 0 Å².